The quantitative estimate of drug-likeness (QED) is 0.0859. The Balaban J connectivity index is 0.922. The number of carbonyl (C=O) groups is 2. The average Bonchev–Trinajstić information content (AvgIpc) is 3.74. The van der Waals surface area contributed by atoms with Crippen LogP contribution in [0.3, 0.4) is 0 Å². The van der Waals surface area contributed by atoms with Crippen molar-refractivity contribution in [1.82, 2.24) is 25.1 Å². The van der Waals surface area contributed by atoms with Crippen molar-refractivity contribution in [2.45, 2.75) is 92.0 Å². The first-order chi connectivity index (χ1) is 25.6. The molecule has 0 aliphatic carbocycles. The van der Waals surface area contributed by atoms with Crippen LogP contribution in [0.2, 0.25) is 5.02 Å². The van der Waals surface area contributed by atoms with Gasteiger partial charge in [0, 0.05) is 44.7 Å². The Hall–Kier alpha value is -4.39. The van der Waals surface area contributed by atoms with E-state index in [1.165, 1.54) is 21.8 Å². The van der Waals surface area contributed by atoms with E-state index in [0.29, 0.717) is 28.1 Å². The minimum atomic E-state index is -0.474. The number of fused-ring (bicyclic) bond motifs is 3. The number of rotatable bonds is 16. The smallest absolute Gasteiger partial charge is 0.259 e. The van der Waals surface area contributed by atoms with Crippen LogP contribution in [0, 0.1) is 34.6 Å². The lowest BCUT2D eigenvalue weighted by Crippen LogP contribution is -2.26. The lowest BCUT2D eigenvalue weighted by molar-refractivity contribution is -0.121. The Morgan fingerprint density at radius 3 is 2.25 bits per heavy atom. The molecule has 1 aliphatic heterocycles. The summed E-state index contributed by atoms with van der Waals surface area (Å²) in [6.07, 6.45) is 7.77. The number of para-hydroxylation sites is 1. The predicted octanol–water partition coefficient (Wildman–Crippen LogP) is 9.47. The first kappa shape index (κ1) is 38.3. The van der Waals surface area contributed by atoms with Crippen molar-refractivity contribution < 1.29 is 9.59 Å². The number of nitrogens with one attached hydrogen (secondary N) is 3. The third kappa shape index (κ3) is 9.23. The van der Waals surface area contributed by atoms with Crippen LogP contribution < -0.4 is 16.0 Å². The molecule has 0 saturated heterocycles. The van der Waals surface area contributed by atoms with Crippen molar-refractivity contribution in [3.63, 3.8) is 0 Å². The number of aliphatic imine (C=N–C) groups is 1. The molecule has 1 atom stereocenters. The van der Waals surface area contributed by atoms with Crippen LogP contribution in [0.4, 0.5) is 10.8 Å². The molecule has 278 valence electrons. The van der Waals surface area contributed by atoms with Gasteiger partial charge in [0.25, 0.3) is 5.91 Å². The van der Waals surface area contributed by atoms with Crippen molar-refractivity contribution in [3.05, 3.63) is 103 Å². The highest BCUT2D eigenvalue weighted by Crippen LogP contribution is 2.39. The molecule has 0 saturated carbocycles. The predicted molar refractivity (Wildman–Crippen MR) is 218 cm³/mol. The van der Waals surface area contributed by atoms with E-state index < -0.39 is 6.04 Å². The van der Waals surface area contributed by atoms with Gasteiger partial charge in [0.2, 0.25) is 5.91 Å². The summed E-state index contributed by atoms with van der Waals surface area (Å²) in [5, 5.41) is 20.7. The molecule has 0 unspecified atom stereocenters. The number of aromatic nitrogens is 4. The SMILES string of the molecule is Cc1nc(NC(=O)c2ccccc2NCCCCCCCCCNC(=O)C[C@@H]2N=C(c3ccc(Cl)cc3)c3c(sc(C)c3C)-n3c(C)nnc32)sc1C. The number of hydrogen-bond acceptors (Lipinski definition) is 9. The van der Waals surface area contributed by atoms with Gasteiger partial charge in [-0.2, -0.15) is 0 Å². The zero-order valence-electron chi connectivity index (χ0n) is 31.0. The van der Waals surface area contributed by atoms with Crippen LogP contribution in [0.1, 0.15) is 112 Å². The lowest BCUT2D eigenvalue weighted by atomic mass is 9.99. The fraction of sp³-hybridized carbons (Fsp3) is 0.400. The second-order valence-electron chi connectivity index (χ2n) is 13.5. The third-order valence-electron chi connectivity index (χ3n) is 9.65. The van der Waals surface area contributed by atoms with Crippen molar-refractivity contribution in [1.29, 1.82) is 0 Å². The number of anilines is 2. The second kappa shape index (κ2) is 17.6. The Morgan fingerprint density at radius 2 is 1.53 bits per heavy atom. The maximum absolute atomic E-state index is 13.3. The van der Waals surface area contributed by atoms with E-state index in [1.807, 2.05) is 69.3 Å². The number of nitrogens with zero attached hydrogens (tertiary/aromatic N) is 5. The van der Waals surface area contributed by atoms with Gasteiger partial charge in [0.1, 0.15) is 16.9 Å². The highest BCUT2D eigenvalue weighted by Gasteiger charge is 2.32. The fourth-order valence-electron chi connectivity index (χ4n) is 6.49. The molecule has 2 amide bonds. The molecule has 4 heterocycles. The number of benzene rings is 2. The van der Waals surface area contributed by atoms with Gasteiger partial charge in [-0.15, -0.1) is 32.9 Å². The molecule has 53 heavy (non-hydrogen) atoms. The van der Waals surface area contributed by atoms with Crippen LogP contribution in [0.5, 0.6) is 0 Å². The van der Waals surface area contributed by atoms with E-state index in [2.05, 4.69) is 49.5 Å². The summed E-state index contributed by atoms with van der Waals surface area (Å²) in [6.45, 7) is 11.6. The highest BCUT2D eigenvalue weighted by molar-refractivity contribution is 7.16. The second-order valence-corrected chi connectivity index (χ2v) is 16.4. The maximum atomic E-state index is 13.3. The lowest BCUT2D eigenvalue weighted by Gasteiger charge is -2.13. The largest absolute Gasteiger partial charge is 0.384 e. The summed E-state index contributed by atoms with van der Waals surface area (Å²) in [4.78, 5) is 38.1. The summed E-state index contributed by atoms with van der Waals surface area (Å²) in [7, 11) is 0. The number of unbranched alkanes of at least 4 members (excludes halogenated alkanes) is 6. The topological polar surface area (TPSA) is 126 Å². The van der Waals surface area contributed by atoms with Crippen LogP contribution >= 0.6 is 34.3 Å². The Bertz CT molecular complexity index is 2080. The van der Waals surface area contributed by atoms with Gasteiger partial charge >= 0.3 is 0 Å². The van der Waals surface area contributed by atoms with Crippen molar-refractivity contribution >= 4 is 62.6 Å². The number of aryl methyl sites for hydroxylation is 4. The van der Waals surface area contributed by atoms with E-state index in [1.54, 1.807) is 11.3 Å². The van der Waals surface area contributed by atoms with Gasteiger partial charge in [0.15, 0.2) is 11.0 Å². The Morgan fingerprint density at radius 1 is 0.830 bits per heavy atom. The summed E-state index contributed by atoms with van der Waals surface area (Å²) in [6, 6.07) is 14.9. The number of carbonyl (C=O) groups excluding carboxylic acids is 2. The molecule has 0 spiro atoms. The van der Waals surface area contributed by atoms with Crippen molar-refractivity contribution in [3.8, 4) is 5.00 Å². The zero-order valence-corrected chi connectivity index (χ0v) is 33.4. The normalized spacial score (nSPS) is 13.5. The van der Waals surface area contributed by atoms with Crippen molar-refractivity contribution in [2.24, 2.45) is 4.99 Å². The molecule has 2 aromatic carbocycles. The minimum absolute atomic E-state index is 0.0421. The maximum Gasteiger partial charge on any atom is 0.259 e. The average molecular weight is 771 g/mol. The summed E-state index contributed by atoms with van der Waals surface area (Å²) in [5.74, 6) is 1.27. The van der Waals surface area contributed by atoms with Gasteiger partial charge in [-0.25, -0.2) is 4.98 Å². The van der Waals surface area contributed by atoms with Gasteiger partial charge in [-0.1, -0.05) is 68.0 Å². The Kier molecular flexibility index (Phi) is 12.7. The van der Waals surface area contributed by atoms with Gasteiger partial charge in [-0.05, 0) is 77.3 Å². The minimum Gasteiger partial charge on any atom is -0.384 e. The number of thiophene rings is 1. The van der Waals surface area contributed by atoms with Gasteiger partial charge < -0.3 is 10.6 Å². The molecule has 10 nitrogen and oxygen atoms in total. The number of thiazole rings is 1. The summed E-state index contributed by atoms with van der Waals surface area (Å²) < 4.78 is 2.07. The monoisotopic (exact) mass is 770 g/mol. The Labute approximate surface area is 324 Å². The molecular formula is C40H47ClN8O2S2. The van der Waals surface area contributed by atoms with E-state index in [-0.39, 0.29) is 18.2 Å². The molecular weight excluding hydrogens is 724 g/mol. The molecule has 3 N–H and O–H groups in total. The molecule has 0 fully saturated rings. The molecule has 6 rings (SSSR count). The van der Waals surface area contributed by atoms with Gasteiger partial charge in [0.05, 0.1) is 23.4 Å². The van der Waals surface area contributed by atoms with Crippen LogP contribution in [0.15, 0.2) is 53.5 Å². The van der Waals surface area contributed by atoms with E-state index in [0.717, 1.165) is 95.4 Å². The van der Waals surface area contributed by atoms with E-state index in [4.69, 9.17) is 16.6 Å². The number of amides is 2. The number of halogens is 1. The van der Waals surface area contributed by atoms with E-state index >= 15 is 0 Å². The number of hydrogen-bond donors (Lipinski definition) is 3. The molecule has 3 aromatic heterocycles. The molecule has 0 bridgehead atoms. The molecule has 1 aliphatic rings. The van der Waals surface area contributed by atoms with E-state index in [9.17, 15) is 9.59 Å². The first-order valence-corrected chi connectivity index (χ1v) is 20.3. The molecule has 0 radical (unpaired) electrons. The van der Waals surface area contributed by atoms with Crippen LogP contribution in [-0.4, -0.2) is 50.4 Å². The molecule has 5 aromatic rings. The zero-order chi connectivity index (χ0) is 37.5. The van der Waals surface area contributed by atoms with Crippen LogP contribution in [0.25, 0.3) is 5.00 Å². The first-order valence-electron chi connectivity index (χ1n) is 18.3. The summed E-state index contributed by atoms with van der Waals surface area (Å²) in [5.41, 5.74) is 6.43. The summed E-state index contributed by atoms with van der Waals surface area (Å²) >= 11 is 9.42. The van der Waals surface area contributed by atoms with Crippen LogP contribution in [-0.2, 0) is 4.79 Å². The fourth-order valence-corrected chi connectivity index (χ4v) is 8.64. The van der Waals surface area contributed by atoms with Crippen molar-refractivity contribution in [2.75, 3.05) is 23.7 Å². The van der Waals surface area contributed by atoms with Gasteiger partial charge in [-0.3, -0.25) is 24.5 Å². The standard InChI is InChI=1S/C40H47ClN8O2S2/c1-24-26(3)52-39-35(24)36(29-17-19-30(41)20-18-29)45-33(37-48-47-28(5)49(37)39)23-34(50)43-22-14-10-8-6-7-9-13-21-42-32-16-12-11-15-31(32)38(51)46-40-44-25(2)27(4)53-40/h11-12,15-20,33,42H,6-10,13-14,21-23H2,1-5H3,(H,43,50)(H,44,46,51)/t33-/m0/s1. The highest BCUT2D eigenvalue weighted by atomic mass is 35.5. The third-order valence-corrected chi connectivity index (χ3v) is 12.1. The molecule has 13 heteroatoms.